The van der Waals surface area contributed by atoms with Crippen molar-refractivity contribution in [1.82, 2.24) is 9.78 Å². The molecule has 0 aliphatic carbocycles. The normalized spacial score (nSPS) is 12.2. The Balaban J connectivity index is 3.23. The van der Waals surface area contributed by atoms with E-state index in [0.29, 0.717) is 17.1 Å². The number of hydrogen-bond acceptors (Lipinski definition) is 4. The first-order chi connectivity index (χ1) is 6.97. The van der Waals surface area contributed by atoms with E-state index in [2.05, 4.69) is 10.3 Å². The monoisotopic (exact) mass is 212 g/mol. The summed E-state index contributed by atoms with van der Waals surface area (Å²) in [4.78, 5) is 0. The summed E-state index contributed by atoms with van der Waals surface area (Å²) < 4.78 is 7.12. The molecular formula is C9H16N4O2. The second kappa shape index (κ2) is 4.20. The molecule has 0 amide bonds. The molecule has 0 aliphatic rings. The fourth-order valence-corrected chi connectivity index (χ4v) is 1.34. The number of rotatable bonds is 3. The average Bonchev–Trinajstić information content (AvgIpc) is 2.40. The standard InChI is InChI=1S/C9H16N4O2/c1-5(2)15-9-7(8(10)12-14)6(3)11-13(9)4/h5,14H,1-4H3,(H2,10,12). The Labute approximate surface area is 88.3 Å². The number of nitrogens with zero attached hydrogens (tertiary/aromatic N) is 3. The summed E-state index contributed by atoms with van der Waals surface area (Å²) in [6, 6.07) is 0. The molecule has 3 N–H and O–H groups in total. The van der Waals surface area contributed by atoms with Crippen LogP contribution in [0.15, 0.2) is 5.16 Å². The van der Waals surface area contributed by atoms with Crippen molar-refractivity contribution in [3.05, 3.63) is 11.3 Å². The van der Waals surface area contributed by atoms with Crippen molar-refractivity contribution < 1.29 is 9.94 Å². The molecule has 0 fully saturated rings. The molecule has 0 radical (unpaired) electrons. The van der Waals surface area contributed by atoms with Gasteiger partial charge in [0.1, 0.15) is 5.56 Å². The molecule has 1 aromatic rings. The van der Waals surface area contributed by atoms with E-state index in [9.17, 15) is 0 Å². The van der Waals surface area contributed by atoms with Crippen molar-refractivity contribution in [2.45, 2.75) is 26.9 Å². The highest BCUT2D eigenvalue weighted by Gasteiger charge is 2.19. The lowest BCUT2D eigenvalue weighted by molar-refractivity contribution is 0.221. The van der Waals surface area contributed by atoms with Gasteiger partial charge in [-0.2, -0.15) is 5.10 Å². The van der Waals surface area contributed by atoms with E-state index in [-0.39, 0.29) is 11.9 Å². The third kappa shape index (κ3) is 2.20. The summed E-state index contributed by atoms with van der Waals surface area (Å²) in [7, 11) is 1.75. The zero-order valence-corrected chi connectivity index (χ0v) is 9.35. The minimum absolute atomic E-state index is 0.00467. The van der Waals surface area contributed by atoms with E-state index >= 15 is 0 Å². The molecule has 0 spiro atoms. The topological polar surface area (TPSA) is 85.7 Å². The Hall–Kier alpha value is -1.72. The van der Waals surface area contributed by atoms with E-state index in [1.165, 1.54) is 0 Å². The van der Waals surface area contributed by atoms with Crippen molar-refractivity contribution in [1.29, 1.82) is 0 Å². The van der Waals surface area contributed by atoms with Crippen molar-refractivity contribution in [3.63, 3.8) is 0 Å². The second-order valence-electron chi connectivity index (χ2n) is 3.54. The molecule has 0 bridgehead atoms. The molecule has 0 saturated heterocycles. The molecule has 0 atom stereocenters. The van der Waals surface area contributed by atoms with Crippen molar-refractivity contribution in [2.24, 2.45) is 17.9 Å². The average molecular weight is 212 g/mol. The quantitative estimate of drug-likeness (QED) is 0.332. The zero-order chi connectivity index (χ0) is 11.6. The maximum absolute atomic E-state index is 8.65. The zero-order valence-electron chi connectivity index (χ0n) is 9.35. The first-order valence-electron chi connectivity index (χ1n) is 4.65. The van der Waals surface area contributed by atoms with E-state index < -0.39 is 0 Å². The van der Waals surface area contributed by atoms with Crippen molar-refractivity contribution >= 4 is 5.84 Å². The third-order valence-electron chi connectivity index (χ3n) is 1.88. The van der Waals surface area contributed by atoms with E-state index in [1.54, 1.807) is 18.7 Å². The molecule has 1 aromatic heterocycles. The molecular weight excluding hydrogens is 196 g/mol. The van der Waals surface area contributed by atoms with Crippen molar-refractivity contribution in [2.75, 3.05) is 0 Å². The maximum Gasteiger partial charge on any atom is 0.223 e. The van der Waals surface area contributed by atoms with Crippen LogP contribution in [0.25, 0.3) is 0 Å². The number of ether oxygens (including phenoxy) is 1. The van der Waals surface area contributed by atoms with E-state index in [0.717, 1.165) is 0 Å². The van der Waals surface area contributed by atoms with Gasteiger partial charge in [0.05, 0.1) is 11.8 Å². The largest absolute Gasteiger partial charge is 0.475 e. The predicted octanol–water partition coefficient (Wildman–Crippen LogP) is 0.610. The van der Waals surface area contributed by atoms with Gasteiger partial charge in [-0.05, 0) is 20.8 Å². The summed E-state index contributed by atoms with van der Waals surface area (Å²) >= 11 is 0. The van der Waals surface area contributed by atoms with Crippen LogP contribution < -0.4 is 10.5 Å². The first kappa shape index (κ1) is 11.4. The minimum atomic E-state index is 0.00467. The molecule has 0 unspecified atom stereocenters. The molecule has 1 heterocycles. The molecule has 0 aliphatic heterocycles. The van der Waals surface area contributed by atoms with E-state index in [4.69, 9.17) is 15.7 Å². The van der Waals surface area contributed by atoms with Crippen LogP contribution in [0.4, 0.5) is 0 Å². The Morgan fingerprint density at radius 1 is 1.60 bits per heavy atom. The fourth-order valence-electron chi connectivity index (χ4n) is 1.34. The number of hydrogen-bond donors (Lipinski definition) is 2. The lowest BCUT2D eigenvalue weighted by atomic mass is 10.2. The lowest BCUT2D eigenvalue weighted by Gasteiger charge is -2.11. The third-order valence-corrected chi connectivity index (χ3v) is 1.88. The minimum Gasteiger partial charge on any atom is -0.475 e. The van der Waals surface area contributed by atoms with Gasteiger partial charge in [0.2, 0.25) is 5.88 Å². The summed E-state index contributed by atoms with van der Waals surface area (Å²) in [5, 5.41) is 15.8. The van der Waals surface area contributed by atoms with Crippen LogP contribution in [0.2, 0.25) is 0 Å². The highest BCUT2D eigenvalue weighted by Crippen LogP contribution is 2.21. The van der Waals surface area contributed by atoms with Gasteiger partial charge in [0, 0.05) is 7.05 Å². The van der Waals surface area contributed by atoms with Crippen LogP contribution in [0.1, 0.15) is 25.1 Å². The number of aromatic nitrogens is 2. The highest BCUT2D eigenvalue weighted by atomic mass is 16.5. The van der Waals surface area contributed by atoms with Crippen LogP contribution in [-0.2, 0) is 7.05 Å². The number of aryl methyl sites for hydroxylation is 2. The Morgan fingerprint density at radius 3 is 2.67 bits per heavy atom. The van der Waals surface area contributed by atoms with Crippen molar-refractivity contribution in [3.8, 4) is 5.88 Å². The molecule has 0 aromatic carbocycles. The number of nitrogens with two attached hydrogens (primary N) is 1. The molecule has 84 valence electrons. The lowest BCUT2D eigenvalue weighted by Crippen LogP contribution is -2.17. The van der Waals surface area contributed by atoms with Gasteiger partial charge < -0.3 is 15.7 Å². The van der Waals surface area contributed by atoms with Gasteiger partial charge >= 0.3 is 0 Å². The maximum atomic E-state index is 8.65. The van der Waals surface area contributed by atoms with Crippen LogP contribution in [0, 0.1) is 6.92 Å². The number of amidine groups is 1. The SMILES string of the molecule is Cc1nn(C)c(OC(C)C)c1C(N)=NO. The van der Waals surface area contributed by atoms with Gasteiger partial charge in [-0.3, -0.25) is 0 Å². The van der Waals surface area contributed by atoms with Gasteiger partial charge in [-0.25, -0.2) is 4.68 Å². The van der Waals surface area contributed by atoms with Crippen LogP contribution in [-0.4, -0.2) is 26.9 Å². The van der Waals surface area contributed by atoms with Crippen LogP contribution in [0.3, 0.4) is 0 Å². The smallest absolute Gasteiger partial charge is 0.223 e. The van der Waals surface area contributed by atoms with Gasteiger partial charge in [0.15, 0.2) is 5.84 Å². The molecule has 6 nitrogen and oxygen atoms in total. The summed E-state index contributed by atoms with van der Waals surface area (Å²) in [6.45, 7) is 5.58. The molecule has 1 rings (SSSR count). The van der Waals surface area contributed by atoms with E-state index in [1.807, 2.05) is 13.8 Å². The summed E-state index contributed by atoms with van der Waals surface area (Å²) in [6.07, 6.45) is 0.00467. The van der Waals surface area contributed by atoms with Gasteiger partial charge in [-0.1, -0.05) is 5.16 Å². The Kier molecular flexibility index (Phi) is 3.18. The summed E-state index contributed by atoms with van der Waals surface area (Å²) in [5.41, 5.74) is 6.76. The Morgan fingerprint density at radius 2 is 2.20 bits per heavy atom. The van der Waals surface area contributed by atoms with Gasteiger partial charge in [-0.15, -0.1) is 0 Å². The first-order valence-corrected chi connectivity index (χ1v) is 4.65. The fraction of sp³-hybridized carbons (Fsp3) is 0.556. The molecule has 15 heavy (non-hydrogen) atoms. The van der Waals surface area contributed by atoms with Crippen LogP contribution in [0.5, 0.6) is 5.88 Å². The van der Waals surface area contributed by atoms with Crippen LogP contribution >= 0.6 is 0 Å². The van der Waals surface area contributed by atoms with Gasteiger partial charge in [0.25, 0.3) is 0 Å². The molecule has 0 saturated carbocycles. The highest BCUT2D eigenvalue weighted by molar-refractivity contribution is 6.00. The predicted molar refractivity (Wildman–Crippen MR) is 56.2 cm³/mol. The summed E-state index contributed by atoms with van der Waals surface area (Å²) in [5.74, 6) is 0.522. The Bertz CT molecular complexity index is 382. The number of oxime groups is 1. The molecule has 6 heteroatoms. The second-order valence-corrected chi connectivity index (χ2v) is 3.54.